The number of phosphoric acid groups is 1. The van der Waals surface area contributed by atoms with Crippen molar-refractivity contribution in [3.05, 3.63) is 51.0 Å². The average Bonchev–Trinajstić information content (AvgIpc) is 3.13. The van der Waals surface area contributed by atoms with Crippen LogP contribution in [-0.4, -0.2) is 40.8 Å². The highest BCUT2D eigenvalue weighted by molar-refractivity contribution is 9.10. The lowest BCUT2D eigenvalue weighted by Crippen LogP contribution is -2.32. The third-order valence-electron chi connectivity index (χ3n) is 6.57. The molecule has 2 aromatic heterocycles. The number of nitrogens with zero attached hydrogens (tertiary/aromatic N) is 3. The predicted molar refractivity (Wildman–Crippen MR) is 146 cm³/mol. The monoisotopic (exact) mass is 578 g/mol. The van der Waals surface area contributed by atoms with E-state index in [1.807, 2.05) is 6.92 Å². The van der Waals surface area contributed by atoms with Crippen molar-refractivity contribution in [1.82, 2.24) is 19.9 Å². The molecule has 196 valence electrons. The topological polar surface area (TPSA) is 87.5 Å². The Morgan fingerprint density at radius 1 is 1.06 bits per heavy atom. The Morgan fingerprint density at radius 2 is 1.67 bits per heavy atom. The number of fused-ring (bicyclic) bond motifs is 1. The summed E-state index contributed by atoms with van der Waals surface area (Å²) < 4.78 is 34.2. The van der Waals surface area contributed by atoms with Crippen molar-refractivity contribution in [1.29, 1.82) is 0 Å². The maximum atomic E-state index is 13.6. The number of benzene rings is 1. The first kappa shape index (κ1) is 27.4. The molecule has 8 nitrogen and oxygen atoms in total. The fourth-order valence-corrected chi connectivity index (χ4v) is 7.24. The lowest BCUT2D eigenvalue weighted by molar-refractivity contribution is 0.0434. The maximum absolute atomic E-state index is 13.6. The van der Waals surface area contributed by atoms with Crippen LogP contribution in [0.2, 0.25) is 0 Å². The third-order valence-corrected chi connectivity index (χ3v) is 8.66. The molecule has 3 heterocycles. The number of rotatable bonds is 9. The quantitative estimate of drug-likeness (QED) is 0.284. The van der Waals surface area contributed by atoms with Gasteiger partial charge in [0.15, 0.2) is 0 Å². The highest BCUT2D eigenvalue weighted by Crippen LogP contribution is 2.55. The van der Waals surface area contributed by atoms with Crippen LogP contribution in [0.5, 0.6) is 0 Å². The molecule has 1 aliphatic heterocycles. The zero-order valence-corrected chi connectivity index (χ0v) is 24.4. The molecule has 0 radical (unpaired) electrons. The molecule has 1 atom stereocenters. The summed E-state index contributed by atoms with van der Waals surface area (Å²) in [4.78, 5) is 9.77. The average molecular weight is 579 g/mol. The minimum Gasteiger partial charge on any atom is -0.317 e. The normalized spacial score (nSPS) is 16.1. The van der Waals surface area contributed by atoms with Gasteiger partial charge in [-0.2, -0.15) is 0 Å². The zero-order chi connectivity index (χ0) is 26.0. The van der Waals surface area contributed by atoms with Gasteiger partial charge in [-0.3, -0.25) is 13.6 Å². The summed E-state index contributed by atoms with van der Waals surface area (Å²) in [5.74, 6) is 0.742. The number of nitrogens with one attached hydrogen (secondary N) is 1. The second-order valence-corrected chi connectivity index (χ2v) is 11.9. The smallest absolute Gasteiger partial charge is 0.317 e. The first-order valence-corrected chi connectivity index (χ1v) is 14.8. The molecule has 0 spiro atoms. The second-order valence-electron chi connectivity index (χ2n) is 9.32. The van der Waals surface area contributed by atoms with E-state index >= 15 is 0 Å². The van der Waals surface area contributed by atoms with Crippen LogP contribution in [0.3, 0.4) is 0 Å². The van der Waals surface area contributed by atoms with Gasteiger partial charge in [0.2, 0.25) is 0 Å². The molecule has 10 heteroatoms. The van der Waals surface area contributed by atoms with E-state index in [-0.39, 0.29) is 19.1 Å². The Balaban J connectivity index is 1.93. The van der Waals surface area contributed by atoms with E-state index in [0.717, 1.165) is 69.5 Å². The molecule has 36 heavy (non-hydrogen) atoms. The molecule has 1 unspecified atom stereocenters. The van der Waals surface area contributed by atoms with Crippen molar-refractivity contribution in [2.45, 2.75) is 60.5 Å². The molecule has 1 aliphatic rings. The van der Waals surface area contributed by atoms with Gasteiger partial charge in [-0.05, 0) is 102 Å². The van der Waals surface area contributed by atoms with Gasteiger partial charge < -0.3 is 9.88 Å². The van der Waals surface area contributed by atoms with Crippen molar-refractivity contribution in [3.8, 4) is 5.69 Å². The number of piperidine rings is 1. The van der Waals surface area contributed by atoms with Crippen molar-refractivity contribution in [3.63, 3.8) is 0 Å². The van der Waals surface area contributed by atoms with Gasteiger partial charge in [0.1, 0.15) is 17.6 Å². The van der Waals surface area contributed by atoms with E-state index in [2.05, 4.69) is 64.9 Å². The highest BCUT2D eigenvalue weighted by Gasteiger charge is 2.38. The molecule has 1 N–H and O–H groups in total. The van der Waals surface area contributed by atoms with E-state index in [4.69, 9.17) is 23.5 Å². The van der Waals surface area contributed by atoms with Crippen LogP contribution in [0.15, 0.2) is 22.8 Å². The molecule has 0 aliphatic carbocycles. The summed E-state index contributed by atoms with van der Waals surface area (Å²) in [6, 6.07) is 4.22. The lowest BCUT2D eigenvalue weighted by Gasteiger charge is -2.32. The van der Waals surface area contributed by atoms with Crippen LogP contribution >= 0.6 is 23.8 Å². The Bertz CT molecular complexity index is 1260. The van der Waals surface area contributed by atoms with Crippen LogP contribution in [0.4, 0.5) is 0 Å². The van der Waals surface area contributed by atoms with Crippen molar-refractivity contribution in [2.75, 3.05) is 26.3 Å². The Kier molecular flexibility index (Phi) is 8.70. The molecular weight excluding hydrogens is 543 g/mol. The molecule has 0 bridgehead atoms. The van der Waals surface area contributed by atoms with E-state index in [9.17, 15) is 4.57 Å². The van der Waals surface area contributed by atoms with Crippen molar-refractivity contribution in [2.24, 2.45) is 5.92 Å². The minimum atomic E-state index is -3.78. The van der Waals surface area contributed by atoms with Gasteiger partial charge in [-0.15, -0.1) is 0 Å². The summed E-state index contributed by atoms with van der Waals surface area (Å²) in [6.45, 7) is 13.9. The third kappa shape index (κ3) is 5.62. The molecular formula is C26H36BrN4O4P. The van der Waals surface area contributed by atoms with Crippen molar-refractivity contribution >= 4 is 34.8 Å². The predicted octanol–water partition coefficient (Wildman–Crippen LogP) is 6.66. The SMILES string of the molecule is CCOP(=O)(OCC)OC(c1nc(C)nc2c1c(C)cn2-c1c(C)cc(Br)cc1C)C1CCNCC1. The largest absolute Gasteiger partial charge is 0.475 e. The van der Waals surface area contributed by atoms with Gasteiger partial charge in [-0.1, -0.05) is 15.9 Å². The number of aryl methyl sites for hydroxylation is 4. The number of phosphoric ester groups is 1. The molecule has 0 saturated carbocycles. The number of hydrogen-bond acceptors (Lipinski definition) is 7. The number of halogens is 1. The van der Waals surface area contributed by atoms with Gasteiger partial charge in [-0.25, -0.2) is 14.5 Å². The molecule has 1 saturated heterocycles. The molecule has 0 amide bonds. The van der Waals surface area contributed by atoms with Crippen LogP contribution in [-0.2, 0) is 18.1 Å². The van der Waals surface area contributed by atoms with Gasteiger partial charge in [0, 0.05) is 16.1 Å². The van der Waals surface area contributed by atoms with Gasteiger partial charge in [0.05, 0.1) is 24.6 Å². The maximum Gasteiger partial charge on any atom is 0.475 e. The van der Waals surface area contributed by atoms with Crippen molar-refractivity contribution < 1.29 is 18.1 Å². The Hall–Kier alpha value is -1.61. The van der Waals surface area contributed by atoms with Crippen LogP contribution in [0.25, 0.3) is 16.7 Å². The lowest BCUT2D eigenvalue weighted by atomic mass is 9.89. The van der Waals surface area contributed by atoms with Crippen LogP contribution in [0.1, 0.15) is 61.0 Å². The van der Waals surface area contributed by atoms with E-state index in [1.165, 1.54) is 0 Å². The van der Waals surface area contributed by atoms with E-state index in [0.29, 0.717) is 5.82 Å². The molecule has 1 fully saturated rings. The standard InChI is InChI=1S/C26H36BrN4O4P/c1-7-33-36(32,34-8-2)35-25(20-9-11-28-12-10-20)23-22-18(5)15-31(26(22)30-19(6)29-23)24-16(3)13-21(27)14-17(24)4/h13-15,20,25,28H,7-12H2,1-6H3. The Labute approximate surface area is 221 Å². The fourth-order valence-electron chi connectivity index (χ4n) is 5.17. The number of aromatic nitrogens is 3. The van der Waals surface area contributed by atoms with Crippen LogP contribution < -0.4 is 5.32 Å². The summed E-state index contributed by atoms with van der Waals surface area (Å²) in [5, 5.41) is 4.33. The summed E-state index contributed by atoms with van der Waals surface area (Å²) >= 11 is 3.61. The molecule has 1 aromatic carbocycles. The molecule has 3 aromatic rings. The Morgan fingerprint density at radius 3 is 2.25 bits per heavy atom. The van der Waals surface area contributed by atoms with Gasteiger partial charge in [0.25, 0.3) is 0 Å². The van der Waals surface area contributed by atoms with Crippen LogP contribution in [0, 0.1) is 33.6 Å². The van der Waals surface area contributed by atoms with E-state index in [1.54, 1.807) is 13.8 Å². The highest BCUT2D eigenvalue weighted by atomic mass is 79.9. The summed E-state index contributed by atoms with van der Waals surface area (Å²) in [6.07, 6.45) is 3.30. The first-order valence-electron chi connectivity index (χ1n) is 12.6. The molecule has 4 rings (SSSR count). The fraction of sp³-hybridized carbons (Fsp3) is 0.538. The second kappa shape index (κ2) is 11.4. The minimum absolute atomic E-state index is 0.108. The first-order chi connectivity index (χ1) is 17.2. The number of hydrogen-bond donors (Lipinski definition) is 1. The zero-order valence-electron chi connectivity index (χ0n) is 21.9. The van der Waals surface area contributed by atoms with E-state index < -0.39 is 13.9 Å². The van der Waals surface area contributed by atoms with Gasteiger partial charge >= 0.3 is 7.82 Å². The summed E-state index contributed by atoms with van der Waals surface area (Å²) in [5.41, 5.74) is 5.96. The summed E-state index contributed by atoms with van der Waals surface area (Å²) in [7, 11) is -3.78.